The van der Waals surface area contributed by atoms with E-state index in [4.69, 9.17) is 0 Å². The van der Waals surface area contributed by atoms with Gasteiger partial charge in [0.05, 0.1) is 0 Å². The van der Waals surface area contributed by atoms with Crippen molar-refractivity contribution in [2.45, 2.75) is 19.8 Å². The molecule has 0 N–H and O–H groups in total. The van der Waals surface area contributed by atoms with Gasteiger partial charge in [-0.1, -0.05) is 6.92 Å². The molecule has 5 atom stereocenters. The minimum atomic E-state index is 1.14. The zero-order chi connectivity index (χ0) is 5.30. The fraction of sp³-hybridized carbons (Fsp3) is 1.00. The minimum absolute atomic E-state index is 1.14. The lowest BCUT2D eigenvalue weighted by Gasteiger charge is -1.89. The standard InChI is InChI=1S/C8H12/c1-4-6-2-5-3-7(5)8(4)6/h4-8H,2-3H2,1H3/t4-,5?,6?,7?,8?/m0/s1. The second kappa shape index (κ2) is 0.872. The van der Waals surface area contributed by atoms with E-state index in [1.54, 1.807) is 12.8 Å². The van der Waals surface area contributed by atoms with Crippen LogP contribution in [-0.2, 0) is 0 Å². The molecule has 3 fully saturated rings. The maximum Gasteiger partial charge on any atom is -0.0323 e. The van der Waals surface area contributed by atoms with Crippen LogP contribution in [0.5, 0.6) is 0 Å². The molecule has 0 saturated heterocycles. The summed E-state index contributed by atoms with van der Waals surface area (Å²) in [5, 5.41) is 0. The summed E-state index contributed by atoms with van der Waals surface area (Å²) in [7, 11) is 0. The molecule has 0 aromatic rings. The summed E-state index contributed by atoms with van der Waals surface area (Å²) < 4.78 is 0. The van der Waals surface area contributed by atoms with Gasteiger partial charge in [0.15, 0.2) is 0 Å². The van der Waals surface area contributed by atoms with Gasteiger partial charge in [0.25, 0.3) is 0 Å². The first-order valence-corrected chi connectivity index (χ1v) is 3.88. The van der Waals surface area contributed by atoms with E-state index in [-0.39, 0.29) is 0 Å². The summed E-state index contributed by atoms with van der Waals surface area (Å²) in [6.07, 6.45) is 3.21. The molecule has 0 bridgehead atoms. The topological polar surface area (TPSA) is 0 Å². The highest BCUT2D eigenvalue weighted by atomic mass is 14.7. The molecule has 3 rings (SSSR count). The lowest BCUT2D eigenvalue weighted by molar-refractivity contribution is 0.603. The summed E-state index contributed by atoms with van der Waals surface area (Å²) in [5.41, 5.74) is 0. The van der Waals surface area contributed by atoms with Crippen molar-refractivity contribution >= 4 is 0 Å². The Kier molecular flexibility index (Phi) is 0.427. The Morgan fingerprint density at radius 3 is 2.38 bits per heavy atom. The lowest BCUT2D eigenvalue weighted by atomic mass is 10.2. The number of rotatable bonds is 0. The normalized spacial score (nSPS) is 73.9. The van der Waals surface area contributed by atoms with Crippen molar-refractivity contribution in [3.63, 3.8) is 0 Å². The van der Waals surface area contributed by atoms with Gasteiger partial charge in [0, 0.05) is 0 Å². The predicted molar refractivity (Wildman–Crippen MR) is 32.4 cm³/mol. The smallest absolute Gasteiger partial charge is 0.0323 e. The summed E-state index contributed by atoms with van der Waals surface area (Å²) in [5.74, 6) is 6.02. The van der Waals surface area contributed by atoms with Gasteiger partial charge < -0.3 is 0 Å². The molecule has 0 aromatic heterocycles. The molecule has 0 radical (unpaired) electrons. The van der Waals surface area contributed by atoms with Crippen LogP contribution in [0.4, 0.5) is 0 Å². The van der Waals surface area contributed by atoms with Crippen molar-refractivity contribution in [2.24, 2.45) is 29.6 Å². The van der Waals surface area contributed by atoms with Crippen molar-refractivity contribution in [3.8, 4) is 0 Å². The average Bonchev–Trinajstić information content (AvgIpc) is 2.57. The fourth-order valence-corrected chi connectivity index (χ4v) is 3.02. The highest BCUT2D eigenvalue weighted by Gasteiger charge is 2.65. The highest BCUT2D eigenvalue weighted by molar-refractivity contribution is 5.14. The molecule has 0 spiro atoms. The summed E-state index contributed by atoms with van der Waals surface area (Å²) in [6.45, 7) is 2.43. The van der Waals surface area contributed by atoms with Gasteiger partial charge in [-0.25, -0.2) is 0 Å². The second-order valence-electron chi connectivity index (χ2n) is 4.00. The van der Waals surface area contributed by atoms with Crippen LogP contribution in [0.15, 0.2) is 0 Å². The van der Waals surface area contributed by atoms with Crippen molar-refractivity contribution in [3.05, 3.63) is 0 Å². The zero-order valence-electron chi connectivity index (χ0n) is 5.30. The van der Waals surface area contributed by atoms with Crippen molar-refractivity contribution in [2.75, 3.05) is 0 Å². The van der Waals surface area contributed by atoms with Gasteiger partial charge >= 0.3 is 0 Å². The molecule has 0 aromatic carbocycles. The van der Waals surface area contributed by atoms with Crippen LogP contribution >= 0.6 is 0 Å². The molecular weight excluding hydrogens is 96.1 g/mol. The molecular formula is C8H12. The lowest BCUT2D eigenvalue weighted by Crippen LogP contribution is -1.82. The van der Waals surface area contributed by atoms with Crippen LogP contribution in [-0.4, -0.2) is 0 Å². The van der Waals surface area contributed by atoms with Crippen molar-refractivity contribution in [1.29, 1.82) is 0 Å². The van der Waals surface area contributed by atoms with E-state index in [1.807, 2.05) is 0 Å². The molecule has 3 aliphatic rings. The third kappa shape index (κ3) is 0.260. The van der Waals surface area contributed by atoms with E-state index in [0.29, 0.717) is 0 Å². The molecule has 3 saturated carbocycles. The Morgan fingerprint density at radius 1 is 1.12 bits per heavy atom. The van der Waals surface area contributed by atoms with Crippen LogP contribution < -0.4 is 0 Å². The molecule has 0 heteroatoms. The average molecular weight is 108 g/mol. The monoisotopic (exact) mass is 108 g/mol. The highest BCUT2D eigenvalue weighted by Crippen LogP contribution is 2.72. The van der Waals surface area contributed by atoms with Crippen LogP contribution in [0.25, 0.3) is 0 Å². The van der Waals surface area contributed by atoms with E-state index >= 15 is 0 Å². The fourth-order valence-electron chi connectivity index (χ4n) is 3.02. The molecule has 0 amide bonds. The van der Waals surface area contributed by atoms with Gasteiger partial charge in [-0.3, -0.25) is 0 Å². The molecule has 44 valence electrons. The Balaban J connectivity index is 1.93. The molecule has 3 aliphatic carbocycles. The zero-order valence-corrected chi connectivity index (χ0v) is 5.30. The first kappa shape index (κ1) is 3.92. The molecule has 4 unspecified atom stereocenters. The Hall–Kier alpha value is 0. The van der Waals surface area contributed by atoms with Crippen LogP contribution in [0.2, 0.25) is 0 Å². The summed E-state index contributed by atoms with van der Waals surface area (Å²) in [4.78, 5) is 0. The quantitative estimate of drug-likeness (QED) is 0.444. The molecule has 8 heavy (non-hydrogen) atoms. The maximum atomic E-state index is 2.43. The van der Waals surface area contributed by atoms with E-state index in [0.717, 1.165) is 5.92 Å². The number of hydrogen-bond acceptors (Lipinski definition) is 0. The Bertz CT molecular complexity index is 137. The van der Waals surface area contributed by atoms with Crippen LogP contribution in [0.3, 0.4) is 0 Å². The molecule has 0 heterocycles. The Morgan fingerprint density at radius 2 is 1.88 bits per heavy atom. The van der Waals surface area contributed by atoms with Crippen LogP contribution in [0, 0.1) is 29.6 Å². The minimum Gasteiger partial charge on any atom is -0.0619 e. The summed E-state index contributed by atoms with van der Waals surface area (Å²) >= 11 is 0. The Labute approximate surface area is 50.3 Å². The van der Waals surface area contributed by atoms with Gasteiger partial charge in [0.1, 0.15) is 0 Å². The largest absolute Gasteiger partial charge is 0.0619 e. The van der Waals surface area contributed by atoms with Crippen molar-refractivity contribution < 1.29 is 0 Å². The van der Waals surface area contributed by atoms with Gasteiger partial charge in [-0.2, -0.15) is 0 Å². The van der Waals surface area contributed by atoms with Crippen molar-refractivity contribution in [1.82, 2.24) is 0 Å². The summed E-state index contributed by atoms with van der Waals surface area (Å²) in [6, 6.07) is 0. The van der Waals surface area contributed by atoms with E-state index < -0.39 is 0 Å². The SMILES string of the molecule is C[C@H]1C2CC3CC3C21. The third-order valence-electron chi connectivity index (χ3n) is 3.68. The molecule has 0 aliphatic heterocycles. The predicted octanol–water partition coefficient (Wildman–Crippen LogP) is 1.91. The van der Waals surface area contributed by atoms with Gasteiger partial charge in [0.2, 0.25) is 0 Å². The second-order valence-corrected chi connectivity index (χ2v) is 4.00. The van der Waals surface area contributed by atoms with Gasteiger partial charge in [-0.15, -0.1) is 0 Å². The van der Waals surface area contributed by atoms with Crippen LogP contribution in [0.1, 0.15) is 19.8 Å². The first-order chi connectivity index (χ1) is 3.88. The van der Waals surface area contributed by atoms with E-state index in [2.05, 4.69) is 6.92 Å². The van der Waals surface area contributed by atoms with E-state index in [1.165, 1.54) is 23.7 Å². The number of hydrogen-bond donors (Lipinski definition) is 0. The maximum absolute atomic E-state index is 2.43. The van der Waals surface area contributed by atoms with Gasteiger partial charge in [-0.05, 0) is 42.4 Å². The number of fused-ring (bicyclic) bond motifs is 3. The molecule has 0 nitrogen and oxygen atoms in total. The first-order valence-electron chi connectivity index (χ1n) is 3.88. The third-order valence-corrected chi connectivity index (χ3v) is 3.68. The van der Waals surface area contributed by atoms with E-state index in [9.17, 15) is 0 Å².